The summed E-state index contributed by atoms with van der Waals surface area (Å²) < 4.78 is 11.3. The van der Waals surface area contributed by atoms with Crippen LogP contribution in [0.25, 0.3) is 0 Å². The van der Waals surface area contributed by atoms with Crippen molar-refractivity contribution >= 4 is 11.3 Å². The quantitative estimate of drug-likeness (QED) is 0.912. The Kier molecular flexibility index (Phi) is 4.19. The van der Waals surface area contributed by atoms with E-state index < -0.39 is 0 Å². The average molecular weight is 292 g/mol. The van der Waals surface area contributed by atoms with Gasteiger partial charge in [-0.15, -0.1) is 11.3 Å². The minimum absolute atomic E-state index is 0.191. The predicted molar refractivity (Wildman–Crippen MR) is 78.7 cm³/mol. The highest BCUT2D eigenvalue weighted by molar-refractivity contribution is 7.09. The number of hydrogen-bond acceptors (Lipinski definition) is 5. The molecule has 2 aromatic rings. The summed E-state index contributed by atoms with van der Waals surface area (Å²) in [4.78, 5) is 4.66. The summed E-state index contributed by atoms with van der Waals surface area (Å²) in [6.07, 6.45) is 2.47. The van der Waals surface area contributed by atoms with Crippen molar-refractivity contribution in [1.29, 1.82) is 0 Å². The lowest BCUT2D eigenvalue weighted by molar-refractivity contribution is 0.111. The van der Waals surface area contributed by atoms with Crippen LogP contribution in [0.5, 0.6) is 0 Å². The first kappa shape index (κ1) is 13.8. The van der Waals surface area contributed by atoms with E-state index in [0.29, 0.717) is 0 Å². The van der Waals surface area contributed by atoms with Crippen molar-refractivity contribution in [3.8, 4) is 0 Å². The van der Waals surface area contributed by atoms with E-state index >= 15 is 0 Å². The smallest absolute Gasteiger partial charge is 0.122 e. The van der Waals surface area contributed by atoms with Gasteiger partial charge in [0.2, 0.25) is 0 Å². The zero-order valence-electron chi connectivity index (χ0n) is 11.9. The number of rotatable bonds is 5. The van der Waals surface area contributed by atoms with E-state index in [2.05, 4.69) is 22.6 Å². The molecule has 1 aliphatic heterocycles. The Morgan fingerprint density at radius 1 is 1.50 bits per heavy atom. The highest BCUT2D eigenvalue weighted by Gasteiger charge is 2.21. The van der Waals surface area contributed by atoms with Gasteiger partial charge in [0.25, 0.3) is 0 Å². The zero-order valence-corrected chi connectivity index (χ0v) is 12.7. The van der Waals surface area contributed by atoms with E-state index in [-0.39, 0.29) is 12.1 Å². The molecule has 3 heterocycles. The minimum Gasteiger partial charge on any atom is -0.465 e. The number of nitrogens with zero attached hydrogens (tertiary/aromatic N) is 1. The Balaban J connectivity index is 1.55. The summed E-state index contributed by atoms with van der Waals surface area (Å²) in [5, 5.41) is 6.67. The molecule has 0 radical (unpaired) electrons. The second kappa shape index (κ2) is 6.08. The van der Waals surface area contributed by atoms with E-state index in [4.69, 9.17) is 9.15 Å². The first-order valence-corrected chi connectivity index (χ1v) is 7.96. The first-order chi connectivity index (χ1) is 9.72. The van der Waals surface area contributed by atoms with Gasteiger partial charge in [-0.1, -0.05) is 0 Å². The Bertz CT molecular complexity index is 558. The Hall–Kier alpha value is -1.17. The molecule has 2 aromatic heterocycles. The maximum absolute atomic E-state index is 5.66. The third kappa shape index (κ3) is 3.11. The van der Waals surface area contributed by atoms with Gasteiger partial charge in [-0.25, -0.2) is 4.98 Å². The van der Waals surface area contributed by atoms with Crippen molar-refractivity contribution in [2.45, 2.75) is 45.4 Å². The van der Waals surface area contributed by atoms with Crippen LogP contribution in [0.4, 0.5) is 0 Å². The van der Waals surface area contributed by atoms with Crippen molar-refractivity contribution in [3.05, 3.63) is 39.7 Å². The lowest BCUT2D eigenvalue weighted by Gasteiger charge is -2.10. The molecule has 3 rings (SSSR count). The Morgan fingerprint density at radius 2 is 2.40 bits per heavy atom. The summed E-state index contributed by atoms with van der Waals surface area (Å²) in [5.74, 6) is 1.92. The maximum Gasteiger partial charge on any atom is 0.122 e. The molecule has 0 amide bonds. The van der Waals surface area contributed by atoms with Crippen molar-refractivity contribution in [2.75, 3.05) is 6.61 Å². The summed E-state index contributed by atoms with van der Waals surface area (Å²) in [7, 11) is 0. The molecule has 2 atom stereocenters. The molecule has 5 heteroatoms. The molecule has 1 fully saturated rings. The molecule has 0 aliphatic carbocycles. The monoisotopic (exact) mass is 292 g/mol. The Morgan fingerprint density at radius 3 is 3.10 bits per heavy atom. The zero-order chi connectivity index (χ0) is 13.9. The number of ether oxygens (including phenoxy) is 1. The molecule has 4 nitrogen and oxygen atoms in total. The van der Waals surface area contributed by atoms with Crippen LogP contribution in [0.2, 0.25) is 0 Å². The minimum atomic E-state index is 0.191. The van der Waals surface area contributed by atoms with Crippen LogP contribution in [-0.2, 0) is 11.3 Å². The molecule has 1 N–H and O–H groups in total. The van der Waals surface area contributed by atoms with E-state index in [1.165, 1.54) is 0 Å². The van der Waals surface area contributed by atoms with Crippen LogP contribution in [-0.4, -0.2) is 11.6 Å². The average Bonchev–Trinajstić information content (AvgIpc) is 3.16. The number of aryl methyl sites for hydroxylation is 1. The second-order valence-electron chi connectivity index (χ2n) is 5.23. The van der Waals surface area contributed by atoms with Gasteiger partial charge in [0.15, 0.2) is 0 Å². The second-order valence-corrected chi connectivity index (χ2v) is 6.12. The van der Waals surface area contributed by atoms with Gasteiger partial charge in [0.1, 0.15) is 22.6 Å². The lowest BCUT2D eigenvalue weighted by Crippen LogP contribution is -2.17. The van der Waals surface area contributed by atoms with E-state index in [0.717, 1.165) is 48.2 Å². The summed E-state index contributed by atoms with van der Waals surface area (Å²) in [6.45, 7) is 5.69. The van der Waals surface area contributed by atoms with Gasteiger partial charge < -0.3 is 14.5 Å². The fourth-order valence-electron chi connectivity index (χ4n) is 2.37. The number of aromatic nitrogens is 1. The highest BCUT2D eigenvalue weighted by Crippen LogP contribution is 2.30. The van der Waals surface area contributed by atoms with Crippen LogP contribution in [0, 0.1) is 6.92 Å². The maximum atomic E-state index is 5.66. The van der Waals surface area contributed by atoms with Gasteiger partial charge in [-0.2, -0.15) is 0 Å². The molecule has 0 spiro atoms. The predicted octanol–water partition coefficient (Wildman–Crippen LogP) is 3.75. The fraction of sp³-hybridized carbons (Fsp3) is 0.533. The summed E-state index contributed by atoms with van der Waals surface area (Å²) in [6, 6.07) is 4.20. The topological polar surface area (TPSA) is 47.3 Å². The van der Waals surface area contributed by atoms with Gasteiger partial charge in [0.05, 0.1) is 11.7 Å². The van der Waals surface area contributed by atoms with Crippen molar-refractivity contribution in [2.24, 2.45) is 0 Å². The van der Waals surface area contributed by atoms with E-state index in [1.807, 2.05) is 19.1 Å². The largest absolute Gasteiger partial charge is 0.465 e. The van der Waals surface area contributed by atoms with Crippen LogP contribution in [0.15, 0.2) is 21.9 Å². The van der Waals surface area contributed by atoms with E-state index in [1.54, 1.807) is 11.3 Å². The summed E-state index contributed by atoms with van der Waals surface area (Å²) in [5.41, 5.74) is 1.08. The summed E-state index contributed by atoms with van der Waals surface area (Å²) >= 11 is 1.70. The molecule has 20 heavy (non-hydrogen) atoms. The Labute approximate surface area is 123 Å². The standard InChI is InChI=1S/C15H20N2O2S/c1-10-5-6-13(19-10)11(2)16-8-12-9-20-15(17-12)14-4-3-7-18-14/h5-6,9,11,14,16H,3-4,7-8H2,1-2H3/t11-,14-/m1/s1. The third-order valence-corrected chi connectivity index (χ3v) is 4.54. The van der Waals surface area contributed by atoms with Crippen LogP contribution < -0.4 is 5.32 Å². The molecule has 0 unspecified atom stereocenters. The van der Waals surface area contributed by atoms with Gasteiger partial charge in [-0.05, 0) is 38.8 Å². The third-order valence-electron chi connectivity index (χ3n) is 3.55. The van der Waals surface area contributed by atoms with Crippen molar-refractivity contribution < 1.29 is 9.15 Å². The van der Waals surface area contributed by atoms with Crippen molar-refractivity contribution in [3.63, 3.8) is 0 Å². The van der Waals surface area contributed by atoms with Crippen LogP contribution in [0.1, 0.15) is 54.1 Å². The SMILES string of the molecule is Cc1ccc([C@@H](C)NCc2csc([C@H]3CCCO3)n2)o1. The molecular weight excluding hydrogens is 272 g/mol. The van der Waals surface area contributed by atoms with Crippen molar-refractivity contribution in [1.82, 2.24) is 10.3 Å². The molecular formula is C15H20N2O2S. The lowest BCUT2D eigenvalue weighted by atomic mass is 10.2. The normalized spacial score (nSPS) is 20.4. The number of nitrogens with one attached hydrogen (secondary N) is 1. The molecule has 108 valence electrons. The molecule has 0 saturated carbocycles. The van der Waals surface area contributed by atoms with Crippen LogP contribution in [0.3, 0.4) is 0 Å². The number of thiazole rings is 1. The number of furan rings is 1. The molecule has 0 bridgehead atoms. The molecule has 1 saturated heterocycles. The molecule has 1 aliphatic rings. The van der Waals surface area contributed by atoms with Gasteiger partial charge in [0, 0.05) is 18.5 Å². The van der Waals surface area contributed by atoms with Crippen LogP contribution >= 0.6 is 11.3 Å². The van der Waals surface area contributed by atoms with E-state index in [9.17, 15) is 0 Å². The number of hydrogen-bond donors (Lipinski definition) is 1. The highest BCUT2D eigenvalue weighted by atomic mass is 32.1. The first-order valence-electron chi connectivity index (χ1n) is 7.08. The fourth-order valence-corrected chi connectivity index (χ4v) is 3.27. The molecule has 0 aromatic carbocycles. The van der Waals surface area contributed by atoms with Gasteiger partial charge >= 0.3 is 0 Å². The van der Waals surface area contributed by atoms with Gasteiger partial charge in [-0.3, -0.25) is 0 Å².